The van der Waals surface area contributed by atoms with Crippen molar-refractivity contribution >= 4 is 23.6 Å². The fourth-order valence-corrected chi connectivity index (χ4v) is 6.27. The second-order valence-electron chi connectivity index (χ2n) is 10.9. The molecule has 8 nitrogen and oxygen atoms in total. The number of thioether (sulfide) groups is 1. The van der Waals surface area contributed by atoms with Gasteiger partial charge in [0, 0.05) is 35.6 Å². The number of rotatable bonds is 11. The Balaban J connectivity index is 1.41. The molecule has 1 saturated heterocycles. The van der Waals surface area contributed by atoms with Gasteiger partial charge in [-0.15, -0.1) is 11.8 Å². The van der Waals surface area contributed by atoms with E-state index in [4.69, 9.17) is 14.2 Å². The molecule has 9 heteroatoms. The zero-order valence-electron chi connectivity index (χ0n) is 25.2. The van der Waals surface area contributed by atoms with Gasteiger partial charge in [-0.1, -0.05) is 78.9 Å². The van der Waals surface area contributed by atoms with Crippen LogP contribution in [0, 0.1) is 0 Å². The maximum absolute atomic E-state index is 12.3. The molecule has 1 aliphatic rings. The van der Waals surface area contributed by atoms with Gasteiger partial charge >= 0.3 is 5.97 Å². The van der Waals surface area contributed by atoms with Crippen molar-refractivity contribution in [2.45, 2.75) is 62.4 Å². The van der Waals surface area contributed by atoms with Gasteiger partial charge in [-0.05, 0) is 53.4 Å². The van der Waals surface area contributed by atoms with Crippen LogP contribution in [0.15, 0.2) is 108 Å². The molecular formula is C36H37NO7S. The molecule has 1 heterocycles. The molecule has 4 aromatic rings. The lowest BCUT2D eigenvalue weighted by Crippen LogP contribution is -2.38. The van der Waals surface area contributed by atoms with Gasteiger partial charge < -0.3 is 29.7 Å². The number of ether oxygens (including phenoxy) is 3. The van der Waals surface area contributed by atoms with Crippen LogP contribution in [0.4, 0.5) is 0 Å². The molecule has 1 aliphatic heterocycles. The Morgan fingerprint density at radius 3 is 2.13 bits per heavy atom. The van der Waals surface area contributed by atoms with E-state index in [1.165, 1.54) is 13.8 Å². The number of hydrogen-bond acceptors (Lipinski definition) is 8. The Morgan fingerprint density at radius 2 is 1.49 bits per heavy atom. The fraction of sp³-hybridized carbons (Fsp3) is 0.278. The van der Waals surface area contributed by atoms with Crippen molar-refractivity contribution in [1.29, 1.82) is 0 Å². The zero-order valence-corrected chi connectivity index (χ0v) is 26.0. The maximum atomic E-state index is 12.3. The van der Waals surface area contributed by atoms with Gasteiger partial charge in [-0.3, -0.25) is 9.59 Å². The first kappa shape index (κ1) is 32.2. The molecule has 0 aromatic heterocycles. The normalized spacial score (nSPS) is 20.2. The molecule has 5 unspecified atom stereocenters. The summed E-state index contributed by atoms with van der Waals surface area (Å²) in [5, 5.41) is 22.2. The van der Waals surface area contributed by atoms with Crippen molar-refractivity contribution in [3.63, 3.8) is 0 Å². The summed E-state index contributed by atoms with van der Waals surface area (Å²) in [5.41, 5.74) is 4.60. The van der Waals surface area contributed by atoms with Gasteiger partial charge in [0.25, 0.3) is 5.91 Å². The van der Waals surface area contributed by atoms with E-state index >= 15 is 0 Å². The van der Waals surface area contributed by atoms with E-state index in [1.807, 2.05) is 78.9 Å². The van der Waals surface area contributed by atoms with Gasteiger partial charge in [0.05, 0.1) is 18.8 Å². The lowest BCUT2D eigenvalue weighted by Gasteiger charge is -2.43. The predicted molar refractivity (Wildman–Crippen MR) is 171 cm³/mol. The molecule has 0 saturated carbocycles. The quantitative estimate of drug-likeness (QED) is 0.133. The third-order valence-corrected chi connectivity index (χ3v) is 8.75. The lowest BCUT2D eigenvalue weighted by atomic mass is 9.84. The highest BCUT2D eigenvalue weighted by atomic mass is 32.2. The average molecular weight is 628 g/mol. The highest BCUT2D eigenvalue weighted by Crippen LogP contribution is 2.48. The molecule has 4 aromatic carbocycles. The van der Waals surface area contributed by atoms with Crippen LogP contribution in [-0.2, 0) is 37.0 Å². The minimum Gasteiger partial charge on any atom is -0.508 e. The Bertz CT molecular complexity index is 1550. The first-order valence-corrected chi connectivity index (χ1v) is 15.8. The summed E-state index contributed by atoms with van der Waals surface area (Å²) in [7, 11) is 0. The Labute approximate surface area is 267 Å². The van der Waals surface area contributed by atoms with Gasteiger partial charge in [-0.25, -0.2) is 0 Å². The minimum atomic E-state index is -0.872. The molecule has 3 N–H and O–H groups in total. The van der Waals surface area contributed by atoms with Crippen LogP contribution in [0.2, 0.25) is 0 Å². The van der Waals surface area contributed by atoms with Crippen LogP contribution >= 0.6 is 11.8 Å². The molecule has 5 atom stereocenters. The van der Waals surface area contributed by atoms with Crippen LogP contribution in [-0.4, -0.2) is 40.1 Å². The number of phenols is 1. The van der Waals surface area contributed by atoms with E-state index in [-0.39, 0.29) is 42.9 Å². The monoisotopic (exact) mass is 627 g/mol. The van der Waals surface area contributed by atoms with Gasteiger partial charge in [0.1, 0.15) is 5.75 Å². The first-order chi connectivity index (χ1) is 21.8. The molecule has 0 bridgehead atoms. The predicted octanol–water partition coefficient (Wildman–Crippen LogP) is 6.18. The summed E-state index contributed by atoms with van der Waals surface area (Å²) in [6.45, 7) is 3.04. The molecule has 5 rings (SSSR count). The Morgan fingerprint density at radius 1 is 0.844 bits per heavy atom. The highest BCUT2D eigenvalue weighted by molar-refractivity contribution is 7.99. The average Bonchev–Trinajstić information content (AvgIpc) is 3.07. The number of nitrogens with one attached hydrogen (secondary N) is 1. The van der Waals surface area contributed by atoms with Crippen molar-refractivity contribution < 1.29 is 34.0 Å². The third kappa shape index (κ3) is 8.52. The topological polar surface area (TPSA) is 114 Å². The molecule has 45 heavy (non-hydrogen) atoms. The maximum Gasteiger partial charge on any atom is 0.303 e. The number of phenolic OH excluding ortho intramolecular Hbond substituents is 1. The number of carbonyl (C=O) groups is 2. The van der Waals surface area contributed by atoms with Crippen LogP contribution in [0.5, 0.6) is 5.75 Å². The van der Waals surface area contributed by atoms with Crippen molar-refractivity contribution in [3.8, 4) is 5.75 Å². The van der Waals surface area contributed by atoms with Crippen LogP contribution in [0.1, 0.15) is 60.0 Å². The molecule has 1 fully saturated rings. The number of hydrogen-bond donors (Lipinski definition) is 3. The summed E-state index contributed by atoms with van der Waals surface area (Å²) in [6, 6.07) is 32.9. The third-order valence-electron chi connectivity index (χ3n) is 7.65. The van der Waals surface area contributed by atoms with E-state index in [9.17, 15) is 19.8 Å². The zero-order chi connectivity index (χ0) is 31.8. The van der Waals surface area contributed by atoms with Crippen molar-refractivity contribution in [2.75, 3.05) is 5.75 Å². The summed E-state index contributed by atoms with van der Waals surface area (Å²) in [5.74, 6) is -0.145. The van der Waals surface area contributed by atoms with Gasteiger partial charge in [0.15, 0.2) is 12.4 Å². The van der Waals surface area contributed by atoms with Crippen LogP contribution in [0.25, 0.3) is 0 Å². The molecule has 1 amide bonds. The van der Waals surface area contributed by atoms with Gasteiger partial charge in [0.2, 0.25) is 0 Å². The standard InChI is InChI=1S/C36H37NO7S/c1-23(42-24(2)39)35(41)37-20-25-8-14-29(15-9-25)36-43-32(22-45-31-18-16-30(40)17-19-31)33(27-6-4-3-5-7-27)34(44-36)28-12-10-26(21-38)11-13-28/h3-19,23,32-34,36,38,40H,20-22H2,1-2H3,(H,37,41). The second kappa shape index (κ2) is 15.2. The summed E-state index contributed by atoms with van der Waals surface area (Å²) in [6.07, 6.45) is -2.12. The SMILES string of the molecule is CC(=O)OC(C)C(=O)NCc1ccc(C2OC(CSc3ccc(O)cc3)C(c3ccccc3)C(c3ccc(CO)cc3)O2)cc1. The van der Waals surface area contributed by atoms with E-state index in [1.54, 1.807) is 23.9 Å². The number of aliphatic hydroxyl groups excluding tert-OH is 1. The Hall–Kier alpha value is -4.15. The summed E-state index contributed by atoms with van der Waals surface area (Å²) >= 11 is 1.66. The van der Waals surface area contributed by atoms with E-state index < -0.39 is 18.4 Å². The number of carbonyl (C=O) groups excluding carboxylic acids is 2. The largest absolute Gasteiger partial charge is 0.508 e. The smallest absolute Gasteiger partial charge is 0.303 e. The van der Waals surface area contributed by atoms with E-state index in [0.29, 0.717) is 5.75 Å². The van der Waals surface area contributed by atoms with Crippen molar-refractivity contribution in [2.24, 2.45) is 0 Å². The van der Waals surface area contributed by atoms with E-state index in [2.05, 4.69) is 17.4 Å². The second-order valence-corrected chi connectivity index (χ2v) is 12.0. The molecular weight excluding hydrogens is 590 g/mol. The number of aliphatic hydroxyl groups is 1. The molecule has 0 radical (unpaired) electrons. The van der Waals surface area contributed by atoms with Gasteiger partial charge in [-0.2, -0.15) is 0 Å². The van der Waals surface area contributed by atoms with Crippen molar-refractivity contribution in [3.05, 3.63) is 131 Å². The lowest BCUT2D eigenvalue weighted by molar-refractivity contribution is -0.255. The number of aromatic hydroxyl groups is 1. The van der Waals surface area contributed by atoms with E-state index in [0.717, 1.165) is 32.7 Å². The fourth-order valence-electron chi connectivity index (χ4n) is 5.30. The minimum absolute atomic E-state index is 0.0407. The van der Waals surface area contributed by atoms with Crippen LogP contribution < -0.4 is 5.32 Å². The first-order valence-electron chi connectivity index (χ1n) is 14.8. The number of amides is 1. The van der Waals surface area contributed by atoms with Crippen LogP contribution in [0.3, 0.4) is 0 Å². The van der Waals surface area contributed by atoms with Crippen molar-refractivity contribution in [1.82, 2.24) is 5.32 Å². The number of benzene rings is 4. The number of esters is 1. The molecule has 234 valence electrons. The highest BCUT2D eigenvalue weighted by Gasteiger charge is 2.41. The summed E-state index contributed by atoms with van der Waals surface area (Å²) in [4.78, 5) is 24.5. The molecule has 0 spiro atoms. The Kier molecular flexibility index (Phi) is 10.9. The molecule has 0 aliphatic carbocycles. The summed E-state index contributed by atoms with van der Waals surface area (Å²) < 4.78 is 18.4.